The molecule has 2 aliphatic heterocycles. The van der Waals surface area contributed by atoms with Crippen molar-refractivity contribution >= 4 is 22.9 Å². The summed E-state index contributed by atoms with van der Waals surface area (Å²) in [5.74, 6) is 0.116. The Balaban J connectivity index is 1.52. The lowest BCUT2D eigenvalue weighted by Gasteiger charge is -2.39. The highest BCUT2D eigenvalue weighted by Gasteiger charge is 2.36. The molecule has 0 spiro atoms. The van der Waals surface area contributed by atoms with E-state index in [1.807, 2.05) is 19.1 Å². The summed E-state index contributed by atoms with van der Waals surface area (Å²) in [6.07, 6.45) is -3.12. The zero-order valence-electron chi connectivity index (χ0n) is 19.9. The molecule has 0 bridgehead atoms. The Morgan fingerprint density at radius 2 is 1.75 bits per heavy atom. The summed E-state index contributed by atoms with van der Waals surface area (Å²) in [6, 6.07) is 16.1. The van der Waals surface area contributed by atoms with Gasteiger partial charge in [0.15, 0.2) is 0 Å². The Morgan fingerprint density at radius 3 is 2.44 bits per heavy atom. The number of fused-ring (bicyclic) bond motifs is 1. The number of hydrogen-bond acceptors (Lipinski definition) is 4. The van der Waals surface area contributed by atoms with Crippen molar-refractivity contribution < 1.29 is 22.3 Å². The highest BCUT2D eigenvalue weighted by Crippen LogP contribution is 2.42. The molecule has 4 nitrogen and oxygen atoms in total. The van der Waals surface area contributed by atoms with Crippen LogP contribution in [0.15, 0.2) is 65.7 Å². The van der Waals surface area contributed by atoms with Crippen molar-refractivity contribution in [3.05, 3.63) is 89.7 Å². The van der Waals surface area contributed by atoms with Crippen molar-refractivity contribution in [1.29, 1.82) is 0 Å². The summed E-state index contributed by atoms with van der Waals surface area (Å²) >= 11 is 0. The van der Waals surface area contributed by atoms with E-state index in [0.29, 0.717) is 24.2 Å². The fourth-order valence-corrected chi connectivity index (χ4v) is 4.78. The molecule has 186 valence electrons. The van der Waals surface area contributed by atoms with E-state index in [2.05, 4.69) is 28.6 Å². The SMILES string of the molecule is COc1ccc(C(F)(F)F)cc1N1[C]c2cccc(F)c2N=C1C1CCN(c2cccc(C)c2)CC1. The molecule has 0 aliphatic carbocycles. The quantitative estimate of drug-likeness (QED) is 0.364. The number of amidine groups is 1. The van der Waals surface area contributed by atoms with Gasteiger partial charge in [-0.3, -0.25) is 0 Å². The first-order chi connectivity index (χ1) is 17.2. The molecule has 8 heteroatoms. The summed E-state index contributed by atoms with van der Waals surface area (Å²) in [5.41, 5.74) is 2.18. The number of anilines is 2. The van der Waals surface area contributed by atoms with Gasteiger partial charge in [0.2, 0.25) is 0 Å². The van der Waals surface area contributed by atoms with Gasteiger partial charge in [-0.15, -0.1) is 0 Å². The number of hydrogen-bond donors (Lipinski definition) is 0. The van der Waals surface area contributed by atoms with Crippen LogP contribution in [-0.4, -0.2) is 26.0 Å². The minimum absolute atomic E-state index is 0.106. The average Bonchev–Trinajstić information content (AvgIpc) is 2.87. The maximum absolute atomic E-state index is 14.7. The third-order valence-corrected chi connectivity index (χ3v) is 6.65. The lowest BCUT2D eigenvalue weighted by molar-refractivity contribution is -0.137. The maximum atomic E-state index is 14.7. The van der Waals surface area contributed by atoms with Crippen LogP contribution in [0.4, 0.5) is 34.6 Å². The van der Waals surface area contributed by atoms with Crippen LogP contribution in [0.5, 0.6) is 5.75 Å². The molecule has 5 rings (SSSR count). The predicted octanol–water partition coefficient (Wildman–Crippen LogP) is 7.02. The molecule has 0 aromatic heterocycles. The minimum Gasteiger partial charge on any atom is -0.495 e. The molecule has 2 radical (unpaired) electrons. The molecule has 3 aromatic carbocycles. The Kier molecular flexibility index (Phi) is 6.36. The maximum Gasteiger partial charge on any atom is 0.416 e. The van der Waals surface area contributed by atoms with E-state index in [-0.39, 0.29) is 23.0 Å². The number of benzene rings is 3. The third kappa shape index (κ3) is 4.64. The molecule has 0 unspecified atom stereocenters. The van der Waals surface area contributed by atoms with Gasteiger partial charge in [-0.05, 0) is 61.7 Å². The van der Waals surface area contributed by atoms with Gasteiger partial charge < -0.3 is 14.5 Å². The van der Waals surface area contributed by atoms with Crippen LogP contribution in [0.1, 0.15) is 29.5 Å². The number of aliphatic imine (C=N–C) groups is 1. The topological polar surface area (TPSA) is 28.1 Å². The number of alkyl halides is 3. The summed E-state index contributed by atoms with van der Waals surface area (Å²) in [4.78, 5) is 8.45. The van der Waals surface area contributed by atoms with E-state index in [4.69, 9.17) is 4.74 Å². The van der Waals surface area contributed by atoms with E-state index in [1.54, 1.807) is 6.07 Å². The first-order valence-corrected chi connectivity index (χ1v) is 11.8. The van der Waals surface area contributed by atoms with Crippen molar-refractivity contribution in [3.8, 4) is 5.75 Å². The highest BCUT2D eigenvalue weighted by atomic mass is 19.4. The van der Waals surface area contributed by atoms with Gasteiger partial charge in [0, 0.05) is 30.3 Å². The average molecular weight is 496 g/mol. The number of rotatable bonds is 4. The molecule has 0 saturated carbocycles. The number of nitrogens with zero attached hydrogens (tertiary/aromatic N) is 3. The van der Waals surface area contributed by atoms with E-state index in [1.165, 1.54) is 35.8 Å². The number of aryl methyl sites for hydroxylation is 1. The molecule has 1 saturated heterocycles. The van der Waals surface area contributed by atoms with E-state index in [0.717, 1.165) is 30.9 Å². The number of methoxy groups -OCH3 is 1. The number of piperidine rings is 1. The number of para-hydroxylation sites is 1. The second-order valence-electron chi connectivity index (χ2n) is 9.04. The lowest BCUT2D eigenvalue weighted by Crippen LogP contribution is -2.43. The Labute approximate surface area is 207 Å². The highest BCUT2D eigenvalue weighted by molar-refractivity contribution is 6.05. The van der Waals surface area contributed by atoms with E-state index < -0.39 is 17.6 Å². The monoisotopic (exact) mass is 495 g/mol. The fraction of sp³-hybridized carbons (Fsp3) is 0.286. The molecule has 0 N–H and O–H groups in total. The standard InChI is InChI=1S/C28H25F4N3O/c1-18-5-3-7-22(15-18)34-13-11-19(12-14-34)27-33-26-20(6-4-8-23(26)29)17-35(27)24-16-21(28(30,31)32)9-10-25(24)36-2/h3-10,15-16,19H,11-14H2,1-2H3. The zero-order chi connectivity index (χ0) is 25.4. The minimum atomic E-state index is -4.53. The van der Waals surface area contributed by atoms with Gasteiger partial charge in [-0.25, -0.2) is 9.38 Å². The third-order valence-electron chi connectivity index (χ3n) is 6.65. The number of halogens is 4. The molecule has 1 fully saturated rings. The Morgan fingerprint density at radius 1 is 1.00 bits per heavy atom. The molecule has 0 amide bonds. The largest absolute Gasteiger partial charge is 0.495 e. The molecule has 0 atom stereocenters. The second-order valence-corrected chi connectivity index (χ2v) is 9.04. The van der Waals surface area contributed by atoms with Crippen LogP contribution in [-0.2, 0) is 6.18 Å². The first-order valence-electron chi connectivity index (χ1n) is 11.8. The molecular formula is C28H25F4N3O. The van der Waals surface area contributed by atoms with E-state index >= 15 is 0 Å². The van der Waals surface area contributed by atoms with Gasteiger partial charge >= 0.3 is 6.18 Å². The van der Waals surface area contributed by atoms with Gasteiger partial charge in [-0.1, -0.05) is 24.3 Å². The second kappa shape index (κ2) is 9.48. The summed E-state index contributed by atoms with van der Waals surface area (Å²) in [5, 5.41) is 0. The Hall–Kier alpha value is -3.55. The van der Waals surface area contributed by atoms with Crippen LogP contribution >= 0.6 is 0 Å². The van der Waals surface area contributed by atoms with Crippen molar-refractivity contribution in [1.82, 2.24) is 0 Å². The van der Waals surface area contributed by atoms with Crippen molar-refractivity contribution in [2.45, 2.75) is 25.9 Å². The lowest BCUT2D eigenvalue weighted by atomic mass is 9.92. The van der Waals surface area contributed by atoms with Crippen LogP contribution < -0.4 is 14.5 Å². The normalized spacial score (nSPS) is 16.6. The smallest absolute Gasteiger partial charge is 0.416 e. The molecule has 36 heavy (non-hydrogen) atoms. The molecule has 2 aliphatic rings. The summed E-state index contributed by atoms with van der Waals surface area (Å²) in [7, 11) is 1.40. The van der Waals surface area contributed by atoms with E-state index in [9.17, 15) is 17.6 Å². The van der Waals surface area contributed by atoms with Gasteiger partial charge in [-0.2, -0.15) is 13.2 Å². The van der Waals surface area contributed by atoms with Gasteiger partial charge in [0.05, 0.1) is 18.4 Å². The predicted molar refractivity (Wildman–Crippen MR) is 132 cm³/mol. The van der Waals surface area contributed by atoms with Crippen molar-refractivity contribution in [2.75, 3.05) is 30.0 Å². The van der Waals surface area contributed by atoms with Crippen LogP contribution in [0.2, 0.25) is 0 Å². The fourth-order valence-electron chi connectivity index (χ4n) is 4.78. The van der Waals surface area contributed by atoms with Crippen LogP contribution in [0.25, 0.3) is 0 Å². The number of ether oxygens (including phenoxy) is 1. The first kappa shape index (κ1) is 24.2. The summed E-state index contributed by atoms with van der Waals surface area (Å²) in [6.45, 7) is 6.64. The van der Waals surface area contributed by atoms with Crippen LogP contribution in [0.3, 0.4) is 0 Å². The Bertz CT molecular complexity index is 1300. The zero-order valence-corrected chi connectivity index (χ0v) is 19.9. The molecular weight excluding hydrogens is 470 g/mol. The summed E-state index contributed by atoms with van der Waals surface area (Å²) < 4.78 is 60.8. The molecule has 3 aromatic rings. The molecule has 2 heterocycles. The van der Waals surface area contributed by atoms with Crippen molar-refractivity contribution in [3.63, 3.8) is 0 Å². The van der Waals surface area contributed by atoms with Crippen LogP contribution in [0, 0.1) is 25.2 Å². The van der Waals surface area contributed by atoms with Crippen molar-refractivity contribution in [2.24, 2.45) is 10.9 Å². The van der Waals surface area contributed by atoms with Gasteiger partial charge in [0.1, 0.15) is 29.6 Å². The van der Waals surface area contributed by atoms with Gasteiger partial charge in [0.25, 0.3) is 0 Å².